The third-order valence-electron chi connectivity index (χ3n) is 5.05. The predicted molar refractivity (Wildman–Crippen MR) is 132 cm³/mol. The minimum Gasteiger partial charge on any atom is -0.324 e. The molecular formula is C24H22BrN5OS. The monoisotopic (exact) mass is 507 g/mol. The molecule has 2 heterocycles. The van der Waals surface area contributed by atoms with Gasteiger partial charge < -0.3 is 5.32 Å². The van der Waals surface area contributed by atoms with Crippen LogP contribution in [0.2, 0.25) is 0 Å². The smallest absolute Gasteiger partial charge is 0.234 e. The van der Waals surface area contributed by atoms with E-state index < -0.39 is 0 Å². The number of hydrogen-bond donors (Lipinski definition) is 1. The van der Waals surface area contributed by atoms with Gasteiger partial charge in [0.2, 0.25) is 5.91 Å². The van der Waals surface area contributed by atoms with Crippen molar-refractivity contribution in [2.24, 2.45) is 0 Å². The minimum absolute atomic E-state index is 0.111. The highest BCUT2D eigenvalue weighted by molar-refractivity contribution is 9.10. The van der Waals surface area contributed by atoms with Crippen LogP contribution < -0.4 is 5.32 Å². The molecule has 2 aromatic carbocycles. The fourth-order valence-electron chi connectivity index (χ4n) is 3.19. The number of halogens is 1. The van der Waals surface area contributed by atoms with Gasteiger partial charge >= 0.3 is 0 Å². The van der Waals surface area contributed by atoms with Crippen molar-refractivity contribution in [2.45, 2.75) is 25.9 Å². The molecule has 0 saturated carbocycles. The third kappa shape index (κ3) is 4.92. The number of aromatic nitrogens is 4. The first-order valence-electron chi connectivity index (χ1n) is 10.0. The zero-order valence-electron chi connectivity index (χ0n) is 18.0. The first-order valence-corrected chi connectivity index (χ1v) is 11.8. The number of amides is 1. The molecule has 0 aliphatic rings. The van der Waals surface area contributed by atoms with E-state index in [1.807, 2.05) is 47.9 Å². The zero-order valence-corrected chi connectivity index (χ0v) is 20.4. The zero-order chi connectivity index (χ0) is 22.7. The molecule has 0 atom stereocenters. The Labute approximate surface area is 199 Å². The number of rotatable bonds is 6. The molecule has 162 valence electrons. The predicted octanol–water partition coefficient (Wildman–Crippen LogP) is 5.75. The Morgan fingerprint density at radius 3 is 2.50 bits per heavy atom. The van der Waals surface area contributed by atoms with Crippen LogP contribution in [0, 0.1) is 20.8 Å². The molecule has 1 N–H and O–H groups in total. The molecular weight excluding hydrogens is 486 g/mol. The Kier molecular flexibility index (Phi) is 6.72. The molecule has 4 rings (SSSR count). The average Bonchev–Trinajstić information content (AvgIpc) is 3.21. The quantitative estimate of drug-likeness (QED) is 0.336. The number of benzene rings is 2. The van der Waals surface area contributed by atoms with Gasteiger partial charge in [-0.05, 0) is 89.8 Å². The summed E-state index contributed by atoms with van der Waals surface area (Å²) in [7, 11) is 0. The van der Waals surface area contributed by atoms with E-state index in [-0.39, 0.29) is 11.7 Å². The molecule has 0 saturated heterocycles. The van der Waals surface area contributed by atoms with E-state index in [0.29, 0.717) is 11.0 Å². The standard InChI is InChI=1S/C24H22BrN5OS/c1-15-4-7-21(20(25)12-15)27-22(31)14-32-24-29-28-23(18-8-10-26-11-9-18)30(24)19-6-5-16(2)17(3)13-19/h4-13H,14H2,1-3H3,(H,27,31). The van der Waals surface area contributed by atoms with E-state index in [2.05, 4.69) is 62.4 Å². The summed E-state index contributed by atoms with van der Waals surface area (Å²) in [6.07, 6.45) is 3.46. The summed E-state index contributed by atoms with van der Waals surface area (Å²) in [5.74, 6) is 0.805. The number of anilines is 1. The van der Waals surface area contributed by atoms with Gasteiger partial charge in [0.05, 0.1) is 17.1 Å². The van der Waals surface area contributed by atoms with E-state index in [9.17, 15) is 4.79 Å². The van der Waals surface area contributed by atoms with E-state index in [1.165, 1.54) is 22.9 Å². The molecule has 32 heavy (non-hydrogen) atoms. The van der Waals surface area contributed by atoms with Gasteiger partial charge in [0, 0.05) is 22.4 Å². The summed E-state index contributed by atoms with van der Waals surface area (Å²) in [5, 5.41) is 12.4. The topological polar surface area (TPSA) is 72.7 Å². The van der Waals surface area contributed by atoms with Crippen molar-refractivity contribution < 1.29 is 4.79 Å². The second-order valence-electron chi connectivity index (χ2n) is 7.47. The van der Waals surface area contributed by atoms with Crippen molar-refractivity contribution in [1.82, 2.24) is 19.7 Å². The van der Waals surface area contributed by atoms with Crippen LogP contribution in [0.5, 0.6) is 0 Å². The fraction of sp³-hybridized carbons (Fsp3) is 0.167. The maximum Gasteiger partial charge on any atom is 0.234 e. The van der Waals surface area contributed by atoms with Crippen LogP contribution >= 0.6 is 27.7 Å². The summed E-state index contributed by atoms with van der Waals surface area (Å²) in [6.45, 7) is 6.17. The van der Waals surface area contributed by atoms with Crippen LogP contribution in [0.4, 0.5) is 5.69 Å². The number of hydrogen-bond acceptors (Lipinski definition) is 5. The Balaban J connectivity index is 1.61. The SMILES string of the molecule is Cc1ccc(NC(=O)CSc2nnc(-c3ccncc3)n2-c2ccc(C)c(C)c2)c(Br)c1. The van der Waals surface area contributed by atoms with Gasteiger partial charge in [-0.25, -0.2) is 0 Å². The van der Waals surface area contributed by atoms with Gasteiger partial charge in [-0.2, -0.15) is 0 Å². The van der Waals surface area contributed by atoms with E-state index in [0.717, 1.165) is 27.0 Å². The number of aryl methyl sites for hydroxylation is 3. The van der Waals surface area contributed by atoms with Gasteiger partial charge in [0.1, 0.15) is 0 Å². The van der Waals surface area contributed by atoms with Crippen LogP contribution in [-0.4, -0.2) is 31.4 Å². The molecule has 0 radical (unpaired) electrons. The second-order valence-corrected chi connectivity index (χ2v) is 9.26. The van der Waals surface area contributed by atoms with E-state index in [1.54, 1.807) is 12.4 Å². The van der Waals surface area contributed by atoms with Gasteiger partial charge in [-0.1, -0.05) is 23.9 Å². The van der Waals surface area contributed by atoms with E-state index >= 15 is 0 Å². The second kappa shape index (κ2) is 9.67. The van der Waals surface area contributed by atoms with Crippen LogP contribution in [0.3, 0.4) is 0 Å². The number of pyridine rings is 1. The number of nitrogens with one attached hydrogen (secondary N) is 1. The highest BCUT2D eigenvalue weighted by atomic mass is 79.9. The first-order chi connectivity index (χ1) is 15.4. The van der Waals surface area contributed by atoms with Crippen LogP contribution in [0.15, 0.2) is 70.6 Å². The molecule has 0 unspecified atom stereocenters. The Morgan fingerprint density at radius 1 is 1.00 bits per heavy atom. The normalized spacial score (nSPS) is 10.9. The molecule has 0 fully saturated rings. The number of nitrogens with zero attached hydrogens (tertiary/aromatic N) is 4. The highest BCUT2D eigenvalue weighted by Gasteiger charge is 2.18. The summed E-state index contributed by atoms with van der Waals surface area (Å²) in [6, 6.07) is 15.9. The summed E-state index contributed by atoms with van der Waals surface area (Å²) in [5.41, 5.74) is 6.11. The lowest BCUT2D eigenvalue weighted by molar-refractivity contribution is -0.113. The Hall–Kier alpha value is -2.97. The highest BCUT2D eigenvalue weighted by Crippen LogP contribution is 2.29. The largest absolute Gasteiger partial charge is 0.324 e. The lowest BCUT2D eigenvalue weighted by Crippen LogP contribution is -2.15. The molecule has 1 amide bonds. The maximum atomic E-state index is 12.6. The molecule has 6 nitrogen and oxygen atoms in total. The number of carbonyl (C=O) groups is 1. The molecule has 8 heteroatoms. The van der Waals surface area contributed by atoms with Gasteiger partial charge in [0.15, 0.2) is 11.0 Å². The lowest BCUT2D eigenvalue weighted by Gasteiger charge is -2.12. The number of carbonyl (C=O) groups excluding carboxylic acids is 1. The van der Waals surface area contributed by atoms with Crippen molar-refractivity contribution in [3.05, 3.63) is 82.1 Å². The van der Waals surface area contributed by atoms with Crippen molar-refractivity contribution in [2.75, 3.05) is 11.1 Å². The summed E-state index contributed by atoms with van der Waals surface area (Å²) >= 11 is 4.85. The minimum atomic E-state index is -0.111. The first kappa shape index (κ1) is 22.2. The van der Waals surface area contributed by atoms with Crippen LogP contribution in [0.1, 0.15) is 16.7 Å². The van der Waals surface area contributed by atoms with Gasteiger partial charge in [-0.15, -0.1) is 10.2 Å². The summed E-state index contributed by atoms with van der Waals surface area (Å²) < 4.78 is 2.84. The van der Waals surface area contributed by atoms with E-state index in [4.69, 9.17) is 0 Å². The van der Waals surface area contributed by atoms with Crippen molar-refractivity contribution in [1.29, 1.82) is 0 Å². The molecule has 0 aliphatic heterocycles. The average molecular weight is 508 g/mol. The third-order valence-corrected chi connectivity index (χ3v) is 6.64. The number of thioether (sulfide) groups is 1. The van der Waals surface area contributed by atoms with Crippen molar-refractivity contribution in [3.8, 4) is 17.1 Å². The lowest BCUT2D eigenvalue weighted by atomic mass is 10.1. The Bertz CT molecular complexity index is 1270. The van der Waals surface area contributed by atoms with Gasteiger partial charge in [-0.3, -0.25) is 14.3 Å². The fourth-order valence-corrected chi connectivity index (χ4v) is 4.53. The van der Waals surface area contributed by atoms with Crippen molar-refractivity contribution in [3.63, 3.8) is 0 Å². The molecule has 0 aliphatic carbocycles. The maximum absolute atomic E-state index is 12.6. The Morgan fingerprint density at radius 2 is 1.78 bits per heavy atom. The molecule has 0 bridgehead atoms. The van der Waals surface area contributed by atoms with Crippen LogP contribution in [-0.2, 0) is 4.79 Å². The molecule has 4 aromatic rings. The molecule has 0 spiro atoms. The summed E-state index contributed by atoms with van der Waals surface area (Å²) in [4.78, 5) is 16.7. The van der Waals surface area contributed by atoms with Crippen LogP contribution in [0.25, 0.3) is 17.1 Å². The molecule has 2 aromatic heterocycles. The van der Waals surface area contributed by atoms with Gasteiger partial charge in [0.25, 0.3) is 0 Å². The van der Waals surface area contributed by atoms with Crippen molar-refractivity contribution >= 4 is 39.3 Å².